The van der Waals surface area contributed by atoms with E-state index < -0.39 is 17.9 Å². The first-order valence-corrected chi connectivity index (χ1v) is 6.27. The quantitative estimate of drug-likeness (QED) is 0.570. The van der Waals surface area contributed by atoms with E-state index in [-0.39, 0.29) is 31.7 Å². The molecule has 0 heterocycles. The number of carboxylic acid groups (broad SMARTS) is 3. The Labute approximate surface area is 126 Å². The van der Waals surface area contributed by atoms with Gasteiger partial charge >= 0.3 is 17.9 Å². The van der Waals surface area contributed by atoms with E-state index >= 15 is 0 Å². The minimum Gasteiger partial charge on any atom is -0.481 e. The second-order valence-corrected chi connectivity index (χ2v) is 4.12. The average molecular weight is 311 g/mol. The van der Waals surface area contributed by atoms with Gasteiger partial charge < -0.3 is 20.6 Å². The lowest BCUT2D eigenvalue weighted by Gasteiger charge is -2.01. The summed E-state index contributed by atoms with van der Waals surface area (Å²) in [6.45, 7) is -0.328. The number of aliphatic carboxylic acids is 3. The molecule has 0 saturated heterocycles. The highest BCUT2D eigenvalue weighted by molar-refractivity contribution is 5.82. The van der Waals surface area contributed by atoms with Gasteiger partial charge in [-0.3, -0.25) is 19.2 Å². The molecule has 0 aliphatic heterocycles. The van der Waals surface area contributed by atoms with Gasteiger partial charge in [-0.2, -0.15) is 0 Å². The van der Waals surface area contributed by atoms with Crippen LogP contribution >= 0.6 is 0 Å². The zero-order valence-electron chi connectivity index (χ0n) is 11.7. The molecule has 1 aromatic carbocycles. The van der Waals surface area contributed by atoms with Gasteiger partial charge in [0.2, 0.25) is 5.91 Å². The zero-order valence-corrected chi connectivity index (χ0v) is 11.7. The number of benzene rings is 1. The van der Waals surface area contributed by atoms with Crippen LogP contribution in [0.4, 0.5) is 0 Å². The highest BCUT2D eigenvalue weighted by Gasteiger charge is 2.04. The lowest BCUT2D eigenvalue weighted by molar-refractivity contribution is -0.143. The summed E-state index contributed by atoms with van der Waals surface area (Å²) in [5.74, 6) is -3.47. The lowest BCUT2D eigenvalue weighted by atomic mass is 10.1. The van der Waals surface area contributed by atoms with Crippen molar-refractivity contribution < 1.29 is 34.5 Å². The first-order valence-electron chi connectivity index (χ1n) is 6.27. The predicted molar refractivity (Wildman–Crippen MR) is 75.3 cm³/mol. The molecule has 22 heavy (non-hydrogen) atoms. The minimum atomic E-state index is -1.08. The molecule has 0 saturated carbocycles. The molecule has 1 rings (SSSR count). The molecule has 0 radical (unpaired) electrons. The van der Waals surface area contributed by atoms with Crippen LogP contribution in [-0.4, -0.2) is 45.7 Å². The van der Waals surface area contributed by atoms with E-state index in [0.29, 0.717) is 0 Å². The number of hydrogen-bond acceptors (Lipinski definition) is 4. The van der Waals surface area contributed by atoms with Crippen LogP contribution < -0.4 is 5.32 Å². The van der Waals surface area contributed by atoms with Crippen molar-refractivity contribution in [2.45, 2.75) is 19.3 Å². The third-order valence-electron chi connectivity index (χ3n) is 2.20. The molecule has 8 nitrogen and oxygen atoms in total. The lowest BCUT2D eigenvalue weighted by Crippen LogP contribution is -2.30. The van der Waals surface area contributed by atoms with E-state index in [0.717, 1.165) is 5.56 Å². The van der Waals surface area contributed by atoms with Crippen LogP contribution in [0.15, 0.2) is 30.3 Å². The molecule has 0 spiro atoms. The van der Waals surface area contributed by atoms with Crippen LogP contribution in [-0.2, 0) is 25.6 Å². The first kappa shape index (κ1) is 19.1. The molecule has 0 unspecified atom stereocenters. The maximum absolute atomic E-state index is 11.1. The van der Waals surface area contributed by atoms with Gasteiger partial charge in [-0.1, -0.05) is 30.3 Å². The zero-order chi connectivity index (χ0) is 17.0. The third-order valence-corrected chi connectivity index (χ3v) is 2.20. The Kier molecular flexibility index (Phi) is 9.41. The average Bonchev–Trinajstić information content (AvgIpc) is 2.45. The topological polar surface area (TPSA) is 141 Å². The largest absolute Gasteiger partial charge is 0.481 e. The molecule has 1 amide bonds. The maximum atomic E-state index is 11.1. The Bertz CT molecular complexity index is 499. The number of carboxylic acids is 3. The van der Waals surface area contributed by atoms with Crippen molar-refractivity contribution >= 4 is 23.8 Å². The Balaban J connectivity index is 0.000000472. The molecule has 1 aromatic rings. The fourth-order valence-corrected chi connectivity index (χ4v) is 1.23. The van der Waals surface area contributed by atoms with Gasteiger partial charge in [-0.15, -0.1) is 0 Å². The molecule has 0 bridgehead atoms. The number of carbonyl (C=O) groups excluding carboxylic acids is 1. The standard InChI is InChI=1S/C10H11NO3.C4H6O4/c12-9(11-7-10(13)14)6-8-4-2-1-3-5-8;5-3(6)1-2-4(7)8/h1-5H,6-7H2,(H,11,12)(H,13,14);1-2H2,(H,5,6)(H,7,8). The van der Waals surface area contributed by atoms with Crippen LogP contribution in [0.1, 0.15) is 18.4 Å². The normalized spacial score (nSPS) is 9.09. The SMILES string of the molecule is O=C(O)CCC(=O)O.O=C(O)CNC(=O)Cc1ccccc1. The molecule has 0 aromatic heterocycles. The molecule has 8 heteroatoms. The molecule has 0 atom stereocenters. The summed E-state index contributed by atoms with van der Waals surface area (Å²) >= 11 is 0. The van der Waals surface area contributed by atoms with E-state index in [2.05, 4.69) is 5.32 Å². The van der Waals surface area contributed by atoms with Crippen LogP contribution in [0.5, 0.6) is 0 Å². The predicted octanol–water partition coefficient (Wildman–Crippen LogP) is 0.366. The Morgan fingerprint density at radius 2 is 1.32 bits per heavy atom. The minimum absolute atomic E-state index is 0.216. The van der Waals surface area contributed by atoms with Crippen molar-refractivity contribution in [1.82, 2.24) is 5.32 Å². The summed E-state index contributed by atoms with van der Waals surface area (Å²) in [6, 6.07) is 9.17. The van der Waals surface area contributed by atoms with Gasteiger partial charge in [0.25, 0.3) is 0 Å². The van der Waals surface area contributed by atoms with Gasteiger partial charge in [0, 0.05) is 0 Å². The van der Waals surface area contributed by atoms with Crippen molar-refractivity contribution in [3.8, 4) is 0 Å². The number of hydrogen-bond donors (Lipinski definition) is 4. The van der Waals surface area contributed by atoms with E-state index in [1.165, 1.54) is 0 Å². The second kappa shape index (κ2) is 10.8. The number of carbonyl (C=O) groups is 4. The summed E-state index contributed by atoms with van der Waals surface area (Å²) < 4.78 is 0. The van der Waals surface area contributed by atoms with Crippen LogP contribution in [0.3, 0.4) is 0 Å². The number of nitrogens with one attached hydrogen (secondary N) is 1. The van der Waals surface area contributed by atoms with E-state index in [4.69, 9.17) is 15.3 Å². The fourth-order valence-electron chi connectivity index (χ4n) is 1.23. The van der Waals surface area contributed by atoms with Crippen molar-refractivity contribution in [3.63, 3.8) is 0 Å². The van der Waals surface area contributed by atoms with Crippen LogP contribution in [0, 0.1) is 0 Å². The Morgan fingerprint density at radius 3 is 1.73 bits per heavy atom. The molecule has 120 valence electrons. The van der Waals surface area contributed by atoms with E-state index in [9.17, 15) is 19.2 Å². The summed E-state index contributed by atoms with van der Waals surface area (Å²) in [7, 11) is 0. The fraction of sp³-hybridized carbons (Fsp3) is 0.286. The Hall–Kier alpha value is -2.90. The highest BCUT2D eigenvalue weighted by Crippen LogP contribution is 1.98. The highest BCUT2D eigenvalue weighted by atomic mass is 16.4. The van der Waals surface area contributed by atoms with Crippen LogP contribution in [0.2, 0.25) is 0 Å². The smallest absolute Gasteiger partial charge is 0.322 e. The van der Waals surface area contributed by atoms with Crippen molar-refractivity contribution in [2.24, 2.45) is 0 Å². The van der Waals surface area contributed by atoms with Crippen molar-refractivity contribution in [2.75, 3.05) is 6.54 Å². The number of rotatable bonds is 7. The van der Waals surface area contributed by atoms with Crippen molar-refractivity contribution in [1.29, 1.82) is 0 Å². The molecule has 4 N–H and O–H groups in total. The third kappa shape index (κ3) is 12.2. The molecule has 0 aliphatic rings. The van der Waals surface area contributed by atoms with E-state index in [1.807, 2.05) is 30.3 Å². The van der Waals surface area contributed by atoms with Gasteiger partial charge in [-0.25, -0.2) is 0 Å². The number of amides is 1. The van der Waals surface area contributed by atoms with Crippen molar-refractivity contribution in [3.05, 3.63) is 35.9 Å². The van der Waals surface area contributed by atoms with Crippen LogP contribution in [0.25, 0.3) is 0 Å². The van der Waals surface area contributed by atoms with E-state index in [1.54, 1.807) is 0 Å². The van der Waals surface area contributed by atoms with Gasteiger partial charge in [0.05, 0.1) is 19.3 Å². The summed E-state index contributed by atoms with van der Waals surface area (Å²) in [4.78, 5) is 40.6. The van der Waals surface area contributed by atoms with Gasteiger partial charge in [0.15, 0.2) is 0 Å². The summed E-state index contributed by atoms with van der Waals surface area (Å²) in [6.07, 6.45) is -0.376. The summed E-state index contributed by atoms with van der Waals surface area (Å²) in [5, 5.41) is 26.4. The van der Waals surface area contributed by atoms with Gasteiger partial charge in [-0.05, 0) is 5.56 Å². The Morgan fingerprint density at radius 1 is 0.818 bits per heavy atom. The molecule has 0 aliphatic carbocycles. The first-order chi connectivity index (χ1) is 10.3. The summed E-state index contributed by atoms with van der Waals surface area (Å²) in [5.41, 5.74) is 0.871. The van der Waals surface area contributed by atoms with Gasteiger partial charge in [0.1, 0.15) is 6.54 Å². The second-order valence-electron chi connectivity index (χ2n) is 4.12. The monoisotopic (exact) mass is 311 g/mol. The molecule has 0 fully saturated rings. The molecular formula is C14H17NO7. The maximum Gasteiger partial charge on any atom is 0.322 e. The molecular weight excluding hydrogens is 294 g/mol.